The van der Waals surface area contributed by atoms with Gasteiger partial charge in [-0.15, -0.1) is 0 Å². The summed E-state index contributed by atoms with van der Waals surface area (Å²) in [5.41, 5.74) is 3.53. The van der Waals surface area contributed by atoms with E-state index in [9.17, 15) is 4.39 Å². The molecule has 5 heteroatoms. The summed E-state index contributed by atoms with van der Waals surface area (Å²) >= 11 is 5.74. The molecule has 0 amide bonds. The molecule has 3 nitrogen and oxygen atoms in total. The first kappa shape index (κ1) is 16.7. The Labute approximate surface area is 131 Å². The topological polar surface area (TPSA) is 47.3 Å². The summed E-state index contributed by atoms with van der Waals surface area (Å²) in [6.45, 7) is 2.67. The molecular weight excluding hydrogens is 291 g/mol. The maximum absolute atomic E-state index is 13.6. The lowest BCUT2D eigenvalue weighted by Crippen LogP contribution is -2.57. The van der Waals surface area contributed by atoms with E-state index < -0.39 is 0 Å². The van der Waals surface area contributed by atoms with Gasteiger partial charge in [0, 0.05) is 6.61 Å². The molecule has 0 aliphatic heterocycles. The fraction of sp³-hybridized carbons (Fsp3) is 0.625. The molecule has 0 radical (unpaired) electrons. The fourth-order valence-corrected chi connectivity index (χ4v) is 3.45. The van der Waals surface area contributed by atoms with Crippen molar-refractivity contribution in [2.24, 2.45) is 5.84 Å². The van der Waals surface area contributed by atoms with Gasteiger partial charge in [0.25, 0.3) is 0 Å². The first-order valence-electron chi connectivity index (χ1n) is 7.65. The summed E-state index contributed by atoms with van der Waals surface area (Å²) in [7, 11) is 0. The van der Waals surface area contributed by atoms with Crippen molar-refractivity contribution >= 4 is 11.6 Å². The zero-order chi connectivity index (χ0) is 15.3. The number of rotatable bonds is 6. The number of nitrogens with one attached hydrogen (secondary N) is 1. The smallest absolute Gasteiger partial charge is 0.142 e. The second-order valence-electron chi connectivity index (χ2n) is 5.73. The zero-order valence-electron chi connectivity index (χ0n) is 12.5. The quantitative estimate of drug-likeness (QED) is 0.623. The molecule has 1 aliphatic rings. The number of hydrogen-bond donors (Lipinski definition) is 2. The minimum atomic E-state index is -0.390. The monoisotopic (exact) mass is 314 g/mol. The highest BCUT2D eigenvalue weighted by molar-refractivity contribution is 6.30. The molecule has 1 unspecified atom stereocenters. The van der Waals surface area contributed by atoms with Crippen molar-refractivity contribution in [2.75, 3.05) is 6.61 Å². The molecule has 1 saturated carbocycles. The third-order valence-corrected chi connectivity index (χ3v) is 4.70. The van der Waals surface area contributed by atoms with Crippen LogP contribution in [0.3, 0.4) is 0 Å². The fourth-order valence-electron chi connectivity index (χ4n) is 3.33. The van der Waals surface area contributed by atoms with Crippen LogP contribution >= 0.6 is 11.6 Å². The van der Waals surface area contributed by atoms with E-state index in [1.54, 1.807) is 6.07 Å². The van der Waals surface area contributed by atoms with Crippen LogP contribution in [0.15, 0.2) is 18.2 Å². The van der Waals surface area contributed by atoms with Gasteiger partial charge in [-0.3, -0.25) is 11.3 Å². The van der Waals surface area contributed by atoms with Crippen molar-refractivity contribution in [3.63, 3.8) is 0 Å². The maximum atomic E-state index is 13.6. The second-order valence-corrected chi connectivity index (χ2v) is 6.14. The molecule has 21 heavy (non-hydrogen) atoms. The lowest BCUT2D eigenvalue weighted by molar-refractivity contribution is -0.0898. The first-order chi connectivity index (χ1) is 10.1. The Bertz CT molecular complexity index is 458. The lowest BCUT2D eigenvalue weighted by atomic mass is 9.77. The molecule has 1 aromatic rings. The van der Waals surface area contributed by atoms with Gasteiger partial charge >= 0.3 is 0 Å². The number of ether oxygens (including phenoxy) is 1. The van der Waals surface area contributed by atoms with E-state index in [1.165, 1.54) is 12.5 Å². The maximum Gasteiger partial charge on any atom is 0.142 e. The zero-order valence-corrected chi connectivity index (χ0v) is 13.3. The Morgan fingerprint density at radius 1 is 1.38 bits per heavy atom. The van der Waals surface area contributed by atoms with Gasteiger partial charge in [-0.25, -0.2) is 4.39 Å². The SMILES string of the molecule is CCOC1(C(Cc2ccc(Cl)c(F)c2)NN)CCCCC1. The van der Waals surface area contributed by atoms with Crippen molar-refractivity contribution in [3.05, 3.63) is 34.6 Å². The van der Waals surface area contributed by atoms with Crippen LogP contribution in [0.4, 0.5) is 4.39 Å². The van der Waals surface area contributed by atoms with E-state index in [-0.39, 0.29) is 22.5 Å². The summed E-state index contributed by atoms with van der Waals surface area (Å²) in [6.07, 6.45) is 6.14. The molecule has 3 N–H and O–H groups in total. The minimum Gasteiger partial charge on any atom is -0.374 e. The molecule has 0 saturated heterocycles. The van der Waals surface area contributed by atoms with Gasteiger partial charge in [0.1, 0.15) is 5.82 Å². The van der Waals surface area contributed by atoms with E-state index in [2.05, 4.69) is 5.43 Å². The standard InChI is InChI=1S/C16H24ClFN2O/c1-2-21-16(8-4-3-5-9-16)15(20-19)11-12-6-7-13(17)14(18)10-12/h6-7,10,15,20H,2-5,8-9,11,19H2,1H3. The number of benzene rings is 1. The van der Waals surface area contributed by atoms with Crippen LogP contribution in [-0.4, -0.2) is 18.2 Å². The molecule has 0 spiro atoms. The van der Waals surface area contributed by atoms with Crippen molar-refractivity contribution in [1.29, 1.82) is 0 Å². The van der Waals surface area contributed by atoms with Crippen LogP contribution in [0.25, 0.3) is 0 Å². The molecule has 0 bridgehead atoms. The second kappa shape index (κ2) is 7.54. The molecule has 1 fully saturated rings. The van der Waals surface area contributed by atoms with Gasteiger partial charge in [0.2, 0.25) is 0 Å². The van der Waals surface area contributed by atoms with Crippen LogP contribution in [-0.2, 0) is 11.2 Å². The van der Waals surface area contributed by atoms with Crippen molar-refractivity contribution in [1.82, 2.24) is 5.43 Å². The largest absolute Gasteiger partial charge is 0.374 e. The average molecular weight is 315 g/mol. The van der Waals surface area contributed by atoms with E-state index in [0.29, 0.717) is 13.0 Å². The minimum absolute atomic E-state index is 0.0293. The van der Waals surface area contributed by atoms with Gasteiger partial charge in [-0.1, -0.05) is 36.9 Å². The Morgan fingerprint density at radius 3 is 2.67 bits per heavy atom. The average Bonchev–Trinajstić information content (AvgIpc) is 2.49. The van der Waals surface area contributed by atoms with Gasteiger partial charge < -0.3 is 4.74 Å². The number of hydrazine groups is 1. The highest BCUT2D eigenvalue weighted by atomic mass is 35.5. The summed E-state index contributed by atoms with van der Waals surface area (Å²) in [5, 5.41) is 0.146. The number of halogens is 2. The molecule has 2 rings (SSSR count). The summed E-state index contributed by atoms with van der Waals surface area (Å²) < 4.78 is 19.7. The van der Waals surface area contributed by atoms with Gasteiger partial charge in [0.15, 0.2) is 0 Å². The molecule has 1 aliphatic carbocycles. The van der Waals surface area contributed by atoms with Crippen molar-refractivity contribution < 1.29 is 9.13 Å². The normalized spacial score (nSPS) is 19.4. The van der Waals surface area contributed by atoms with E-state index in [1.807, 2.05) is 13.0 Å². The number of nitrogens with two attached hydrogens (primary N) is 1. The lowest BCUT2D eigenvalue weighted by Gasteiger charge is -2.43. The van der Waals surface area contributed by atoms with E-state index in [0.717, 1.165) is 31.2 Å². The number of hydrogen-bond acceptors (Lipinski definition) is 3. The highest BCUT2D eigenvalue weighted by Crippen LogP contribution is 2.35. The Hall–Kier alpha value is -0.680. The molecule has 1 atom stereocenters. The molecular formula is C16H24ClFN2O. The van der Waals surface area contributed by atoms with Crippen LogP contribution in [0, 0.1) is 5.82 Å². The van der Waals surface area contributed by atoms with Crippen molar-refractivity contribution in [3.8, 4) is 0 Å². The van der Waals surface area contributed by atoms with Crippen LogP contribution in [0.5, 0.6) is 0 Å². The third-order valence-electron chi connectivity index (χ3n) is 4.39. The Morgan fingerprint density at radius 2 is 2.10 bits per heavy atom. The predicted molar refractivity (Wildman–Crippen MR) is 83.7 cm³/mol. The summed E-state index contributed by atoms with van der Waals surface area (Å²) in [5.74, 6) is 5.40. The van der Waals surface area contributed by atoms with Gasteiger partial charge in [0.05, 0.1) is 16.7 Å². The van der Waals surface area contributed by atoms with Crippen LogP contribution < -0.4 is 11.3 Å². The highest BCUT2D eigenvalue weighted by Gasteiger charge is 2.40. The van der Waals surface area contributed by atoms with Crippen LogP contribution in [0.2, 0.25) is 5.02 Å². The van der Waals surface area contributed by atoms with Crippen molar-refractivity contribution in [2.45, 2.75) is 57.1 Å². The third kappa shape index (κ3) is 3.95. The van der Waals surface area contributed by atoms with E-state index >= 15 is 0 Å². The first-order valence-corrected chi connectivity index (χ1v) is 8.03. The van der Waals surface area contributed by atoms with Crippen LogP contribution in [0.1, 0.15) is 44.6 Å². The Balaban J connectivity index is 2.17. The summed E-state index contributed by atoms with van der Waals surface area (Å²) in [6, 6.07) is 4.89. The predicted octanol–water partition coefficient (Wildman–Crippen LogP) is 3.59. The Kier molecular flexibility index (Phi) is 5.99. The van der Waals surface area contributed by atoms with E-state index in [4.69, 9.17) is 22.2 Å². The van der Waals surface area contributed by atoms with Gasteiger partial charge in [-0.05, 0) is 43.9 Å². The molecule has 0 aromatic heterocycles. The van der Waals surface area contributed by atoms with Gasteiger partial charge in [-0.2, -0.15) is 0 Å². The molecule has 118 valence electrons. The summed E-state index contributed by atoms with van der Waals surface area (Å²) in [4.78, 5) is 0. The molecule has 0 heterocycles. The molecule has 1 aromatic carbocycles.